The van der Waals surface area contributed by atoms with Crippen molar-refractivity contribution >= 4 is 39.3 Å². The lowest BCUT2D eigenvalue weighted by molar-refractivity contribution is 0.0240. The number of nitrogens with zero attached hydrogens (tertiary/aromatic N) is 3. The molecule has 31 heavy (non-hydrogen) atoms. The second-order valence-corrected chi connectivity index (χ2v) is 9.90. The summed E-state index contributed by atoms with van der Waals surface area (Å²) >= 11 is 3.51. The number of amides is 2. The zero-order valence-electron chi connectivity index (χ0n) is 18.2. The lowest BCUT2D eigenvalue weighted by Gasteiger charge is -2.36. The molecular weight excluding hydrogens is 458 g/mol. The van der Waals surface area contributed by atoms with Crippen molar-refractivity contribution in [3.63, 3.8) is 0 Å². The third kappa shape index (κ3) is 4.87. The van der Waals surface area contributed by atoms with Crippen LogP contribution in [0.4, 0.5) is 16.2 Å². The van der Waals surface area contributed by atoms with Crippen LogP contribution in [0.5, 0.6) is 0 Å². The van der Waals surface area contributed by atoms with Gasteiger partial charge in [-0.2, -0.15) is 0 Å². The molecule has 2 amide bonds. The number of hydrogen-bond acceptors (Lipinski definition) is 4. The standard InChI is InChI=1S/C24H28BrN3O3/c1-24(2,3)31-23(30)27-13-11-26(12-14-27)20-6-4-5-18(16-20)22(29)28-10-9-17-15-19(25)7-8-21(17)28/h4-8,15-16H,9-14H2,1-3H3. The number of halogens is 1. The number of benzene rings is 2. The van der Waals surface area contributed by atoms with E-state index in [1.54, 1.807) is 4.90 Å². The monoisotopic (exact) mass is 485 g/mol. The van der Waals surface area contributed by atoms with Crippen LogP contribution in [0.1, 0.15) is 36.7 Å². The first-order chi connectivity index (χ1) is 14.7. The fraction of sp³-hybridized carbons (Fsp3) is 0.417. The van der Waals surface area contributed by atoms with Gasteiger partial charge in [-0.1, -0.05) is 22.0 Å². The van der Waals surface area contributed by atoms with Crippen LogP contribution in [0.3, 0.4) is 0 Å². The third-order valence-electron chi connectivity index (χ3n) is 5.57. The first-order valence-corrected chi connectivity index (χ1v) is 11.4. The molecular formula is C24H28BrN3O3. The highest BCUT2D eigenvalue weighted by Gasteiger charge is 2.28. The van der Waals surface area contributed by atoms with Gasteiger partial charge in [0.2, 0.25) is 0 Å². The summed E-state index contributed by atoms with van der Waals surface area (Å²) in [6.07, 6.45) is 0.600. The minimum absolute atomic E-state index is 0.0234. The fourth-order valence-corrected chi connectivity index (χ4v) is 4.45. The SMILES string of the molecule is CC(C)(C)OC(=O)N1CCN(c2cccc(C(=O)N3CCc4cc(Br)ccc43)c2)CC1. The smallest absolute Gasteiger partial charge is 0.410 e. The molecule has 1 saturated heterocycles. The van der Waals surface area contributed by atoms with E-state index in [4.69, 9.17) is 4.74 Å². The quantitative estimate of drug-likeness (QED) is 0.617. The van der Waals surface area contributed by atoms with Crippen molar-refractivity contribution in [1.82, 2.24) is 4.90 Å². The van der Waals surface area contributed by atoms with Gasteiger partial charge in [0.15, 0.2) is 0 Å². The third-order valence-corrected chi connectivity index (χ3v) is 6.07. The van der Waals surface area contributed by atoms with E-state index < -0.39 is 5.60 Å². The molecule has 0 aromatic heterocycles. The van der Waals surface area contributed by atoms with E-state index in [9.17, 15) is 9.59 Å². The van der Waals surface area contributed by atoms with Crippen molar-refractivity contribution in [2.75, 3.05) is 42.5 Å². The summed E-state index contributed by atoms with van der Waals surface area (Å²) in [5, 5.41) is 0. The highest BCUT2D eigenvalue weighted by Crippen LogP contribution is 2.32. The normalized spacial score (nSPS) is 16.3. The summed E-state index contributed by atoms with van der Waals surface area (Å²) in [4.78, 5) is 31.4. The predicted octanol–water partition coefficient (Wildman–Crippen LogP) is 4.71. The Morgan fingerprint density at radius 3 is 2.42 bits per heavy atom. The van der Waals surface area contributed by atoms with Gasteiger partial charge >= 0.3 is 6.09 Å². The van der Waals surface area contributed by atoms with Crippen LogP contribution < -0.4 is 9.80 Å². The zero-order chi connectivity index (χ0) is 22.2. The molecule has 2 aromatic rings. The molecule has 2 aliphatic heterocycles. The number of piperazine rings is 1. The van der Waals surface area contributed by atoms with Gasteiger partial charge in [-0.3, -0.25) is 4.79 Å². The molecule has 2 aromatic carbocycles. The molecule has 0 radical (unpaired) electrons. The van der Waals surface area contributed by atoms with Crippen LogP contribution in [0.2, 0.25) is 0 Å². The average molecular weight is 486 g/mol. The minimum Gasteiger partial charge on any atom is -0.444 e. The van der Waals surface area contributed by atoms with Crippen LogP contribution >= 0.6 is 15.9 Å². The highest BCUT2D eigenvalue weighted by atomic mass is 79.9. The number of hydrogen-bond donors (Lipinski definition) is 0. The summed E-state index contributed by atoms with van der Waals surface area (Å²) in [5.74, 6) is 0.0234. The number of anilines is 2. The predicted molar refractivity (Wildman–Crippen MR) is 126 cm³/mol. The lowest BCUT2D eigenvalue weighted by atomic mass is 10.1. The number of carbonyl (C=O) groups excluding carboxylic acids is 2. The van der Waals surface area contributed by atoms with Gasteiger partial charge in [-0.15, -0.1) is 0 Å². The van der Waals surface area contributed by atoms with Crippen molar-refractivity contribution in [2.24, 2.45) is 0 Å². The van der Waals surface area contributed by atoms with E-state index >= 15 is 0 Å². The summed E-state index contributed by atoms with van der Waals surface area (Å²) in [5.41, 5.74) is 3.38. The fourth-order valence-electron chi connectivity index (χ4n) is 4.05. The van der Waals surface area contributed by atoms with E-state index in [1.807, 2.05) is 62.1 Å². The average Bonchev–Trinajstić information content (AvgIpc) is 3.15. The Hall–Kier alpha value is -2.54. The van der Waals surface area contributed by atoms with E-state index in [0.717, 1.165) is 22.3 Å². The zero-order valence-corrected chi connectivity index (χ0v) is 19.8. The molecule has 6 nitrogen and oxygen atoms in total. The molecule has 2 aliphatic rings. The Bertz CT molecular complexity index is 994. The van der Waals surface area contributed by atoms with E-state index in [1.165, 1.54) is 5.56 Å². The molecule has 0 atom stereocenters. The van der Waals surface area contributed by atoms with Gasteiger partial charge in [0, 0.05) is 54.1 Å². The van der Waals surface area contributed by atoms with Gasteiger partial charge in [-0.05, 0) is 69.2 Å². The summed E-state index contributed by atoms with van der Waals surface area (Å²) < 4.78 is 6.51. The number of carbonyl (C=O) groups is 2. The highest BCUT2D eigenvalue weighted by molar-refractivity contribution is 9.10. The Morgan fingerprint density at radius 1 is 0.968 bits per heavy atom. The van der Waals surface area contributed by atoms with E-state index in [0.29, 0.717) is 38.3 Å². The molecule has 4 rings (SSSR count). The Kier molecular flexibility index (Phi) is 5.97. The van der Waals surface area contributed by atoms with Crippen molar-refractivity contribution < 1.29 is 14.3 Å². The van der Waals surface area contributed by atoms with Gasteiger partial charge < -0.3 is 19.4 Å². The summed E-state index contributed by atoms with van der Waals surface area (Å²) in [7, 11) is 0. The molecule has 0 spiro atoms. The molecule has 0 aliphatic carbocycles. The van der Waals surface area contributed by atoms with Crippen LogP contribution in [-0.4, -0.2) is 55.2 Å². The van der Waals surface area contributed by atoms with E-state index in [-0.39, 0.29) is 12.0 Å². The van der Waals surface area contributed by atoms with Gasteiger partial charge in [0.25, 0.3) is 5.91 Å². The van der Waals surface area contributed by atoms with Crippen molar-refractivity contribution in [1.29, 1.82) is 0 Å². The molecule has 0 unspecified atom stereocenters. The van der Waals surface area contributed by atoms with E-state index in [2.05, 4.69) is 26.9 Å². The van der Waals surface area contributed by atoms with Crippen molar-refractivity contribution in [3.05, 3.63) is 58.1 Å². The van der Waals surface area contributed by atoms with Crippen LogP contribution in [0.25, 0.3) is 0 Å². The Labute approximate surface area is 191 Å². The van der Waals surface area contributed by atoms with Crippen molar-refractivity contribution in [2.45, 2.75) is 32.8 Å². The maximum atomic E-state index is 13.2. The molecule has 2 heterocycles. The molecule has 0 bridgehead atoms. The second kappa shape index (κ2) is 8.54. The maximum Gasteiger partial charge on any atom is 0.410 e. The maximum absolute atomic E-state index is 13.2. The van der Waals surface area contributed by atoms with Gasteiger partial charge in [-0.25, -0.2) is 4.79 Å². The lowest BCUT2D eigenvalue weighted by Crippen LogP contribution is -2.50. The first-order valence-electron chi connectivity index (χ1n) is 10.6. The van der Waals surface area contributed by atoms with Gasteiger partial charge in [0.05, 0.1) is 0 Å². The van der Waals surface area contributed by atoms with Crippen LogP contribution in [0.15, 0.2) is 46.9 Å². The summed E-state index contributed by atoms with van der Waals surface area (Å²) in [6, 6.07) is 13.9. The number of fused-ring (bicyclic) bond motifs is 1. The first kappa shape index (κ1) is 21.7. The van der Waals surface area contributed by atoms with Crippen LogP contribution in [-0.2, 0) is 11.2 Å². The molecule has 164 valence electrons. The Morgan fingerprint density at radius 2 is 1.71 bits per heavy atom. The van der Waals surface area contributed by atoms with Crippen LogP contribution in [0, 0.1) is 0 Å². The molecule has 0 N–H and O–H groups in total. The second-order valence-electron chi connectivity index (χ2n) is 8.98. The molecule has 0 saturated carbocycles. The largest absolute Gasteiger partial charge is 0.444 e. The topological polar surface area (TPSA) is 53.1 Å². The van der Waals surface area contributed by atoms with Gasteiger partial charge in [0.1, 0.15) is 5.60 Å². The number of ether oxygens (including phenoxy) is 1. The molecule has 1 fully saturated rings. The Balaban J connectivity index is 1.43. The summed E-state index contributed by atoms with van der Waals surface area (Å²) in [6.45, 7) is 8.94. The number of rotatable bonds is 2. The molecule has 7 heteroatoms. The van der Waals surface area contributed by atoms with Crippen molar-refractivity contribution in [3.8, 4) is 0 Å². The minimum atomic E-state index is -0.493.